The normalized spacial score (nSPS) is 40.2. The summed E-state index contributed by atoms with van der Waals surface area (Å²) in [6, 6.07) is 0. The van der Waals surface area contributed by atoms with Gasteiger partial charge in [-0.2, -0.15) is 0 Å². The van der Waals surface area contributed by atoms with Crippen LogP contribution in [0, 0.1) is 5.41 Å². The molecule has 0 amide bonds. The van der Waals surface area contributed by atoms with E-state index in [9.17, 15) is 4.79 Å². The highest BCUT2D eigenvalue weighted by molar-refractivity contribution is 8.93. The third-order valence-electron chi connectivity index (χ3n) is 2.79. The van der Waals surface area contributed by atoms with Crippen LogP contribution in [0.5, 0.6) is 0 Å². The molecule has 0 aromatic heterocycles. The molecule has 0 unspecified atom stereocenters. The highest BCUT2D eigenvalue weighted by atomic mass is 79.9. The van der Waals surface area contributed by atoms with E-state index in [2.05, 4.69) is 4.90 Å². The Kier molecular flexibility index (Phi) is 2.25. The Hall–Kier alpha value is -0.0900. The van der Waals surface area contributed by atoms with Gasteiger partial charge in [0, 0.05) is 6.54 Å². The van der Waals surface area contributed by atoms with Crippen molar-refractivity contribution in [3.8, 4) is 0 Å². The number of fused-ring (bicyclic) bond motifs is 2. The van der Waals surface area contributed by atoms with E-state index in [0.29, 0.717) is 0 Å². The first-order valence-corrected chi connectivity index (χ1v) is 3.69. The third kappa shape index (κ3) is 1.18. The summed E-state index contributed by atoms with van der Waals surface area (Å²) in [7, 11) is 0. The third-order valence-corrected chi connectivity index (χ3v) is 2.79. The second-order valence-corrected chi connectivity index (χ2v) is 3.36. The van der Waals surface area contributed by atoms with E-state index in [0.717, 1.165) is 32.5 Å². The summed E-state index contributed by atoms with van der Waals surface area (Å²) in [5.41, 5.74) is -0.347. The van der Waals surface area contributed by atoms with Crippen LogP contribution in [0.15, 0.2) is 0 Å². The molecule has 2 heterocycles. The van der Waals surface area contributed by atoms with E-state index < -0.39 is 5.97 Å². The average Bonchev–Trinajstić information content (AvgIpc) is 2.45. The van der Waals surface area contributed by atoms with Gasteiger partial charge in [0.25, 0.3) is 0 Å². The largest absolute Gasteiger partial charge is 0.481 e. The number of nitrogens with zero attached hydrogens (tertiary/aromatic N) is 1. The van der Waals surface area contributed by atoms with E-state index in [1.54, 1.807) is 0 Å². The molecule has 3 nitrogen and oxygen atoms in total. The number of hydrogen-bond acceptors (Lipinski definition) is 2. The first-order valence-electron chi connectivity index (χ1n) is 3.69. The number of halogens is 1. The quantitative estimate of drug-likeness (QED) is 0.711. The highest BCUT2D eigenvalue weighted by Crippen LogP contribution is 2.40. The second kappa shape index (κ2) is 2.75. The van der Waals surface area contributed by atoms with Crippen molar-refractivity contribution in [1.29, 1.82) is 0 Å². The molecule has 0 saturated carbocycles. The molecule has 4 heteroatoms. The zero-order valence-corrected chi connectivity index (χ0v) is 7.96. The van der Waals surface area contributed by atoms with Crippen LogP contribution < -0.4 is 0 Å². The molecule has 2 saturated heterocycles. The minimum atomic E-state index is -0.590. The Labute approximate surface area is 76.1 Å². The molecule has 2 fully saturated rings. The number of carboxylic acids is 1. The molecule has 2 bridgehead atoms. The smallest absolute Gasteiger partial charge is 0.311 e. The molecule has 2 aliphatic rings. The highest BCUT2D eigenvalue weighted by Gasteiger charge is 2.49. The first kappa shape index (κ1) is 9.00. The summed E-state index contributed by atoms with van der Waals surface area (Å²) in [5.74, 6) is -0.590. The Morgan fingerprint density at radius 3 is 2.09 bits per heavy atom. The topological polar surface area (TPSA) is 40.5 Å². The fourth-order valence-corrected chi connectivity index (χ4v) is 2.01. The lowest BCUT2D eigenvalue weighted by Gasteiger charge is -2.18. The van der Waals surface area contributed by atoms with Gasteiger partial charge in [-0.1, -0.05) is 0 Å². The van der Waals surface area contributed by atoms with Crippen LogP contribution in [0.1, 0.15) is 12.8 Å². The summed E-state index contributed by atoms with van der Waals surface area (Å²) < 4.78 is 0. The van der Waals surface area contributed by atoms with Gasteiger partial charge in [-0.05, 0) is 25.9 Å². The molecule has 0 aliphatic carbocycles. The van der Waals surface area contributed by atoms with Crippen LogP contribution in [0.2, 0.25) is 0 Å². The fourth-order valence-electron chi connectivity index (χ4n) is 2.01. The Morgan fingerprint density at radius 2 is 1.91 bits per heavy atom. The zero-order chi connectivity index (χ0) is 7.19. The maximum atomic E-state index is 10.8. The van der Waals surface area contributed by atoms with Crippen LogP contribution in [0.4, 0.5) is 0 Å². The molecule has 0 aromatic rings. The fraction of sp³-hybridized carbons (Fsp3) is 0.857. The van der Waals surface area contributed by atoms with Crippen LogP contribution in [0.3, 0.4) is 0 Å². The van der Waals surface area contributed by atoms with Gasteiger partial charge in [0.15, 0.2) is 0 Å². The van der Waals surface area contributed by atoms with Crippen molar-refractivity contribution in [1.82, 2.24) is 4.90 Å². The minimum absolute atomic E-state index is 0. The van der Waals surface area contributed by atoms with Crippen LogP contribution in [0.25, 0.3) is 0 Å². The summed E-state index contributed by atoms with van der Waals surface area (Å²) in [4.78, 5) is 13.0. The predicted molar refractivity (Wildman–Crippen MR) is 46.1 cm³/mol. The van der Waals surface area contributed by atoms with Crippen molar-refractivity contribution >= 4 is 23.0 Å². The number of piperidine rings is 1. The standard InChI is InChI=1S/C7H11NO2.BrH/c9-6(10)7-1-3-8(5-7)4-2-7;/h1-5H2,(H,9,10);1H. The number of carbonyl (C=O) groups is 1. The number of aliphatic carboxylic acids is 1. The SMILES string of the molecule is Br.O=C(O)C12CCN(CC1)C2. The van der Waals surface area contributed by atoms with Crippen molar-refractivity contribution in [3.05, 3.63) is 0 Å². The van der Waals surface area contributed by atoms with Crippen molar-refractivity contribution in [2.75, 3.05) is 19.6 Å². The van der Waals surface area contributed by atoms with Crippen molar-refractivity contribution < 1.29 is 9.90 Å². The lowest BCUT2D eigenvalue weighted by molar-refractivity contribution is -0.147. The molecule has 11 heavy (non-hydrogen) atoms. The minimum Gasteiger partial charge on any atom is -0.481 e. The van der Waals surface area contributed by atoms with Crippen molar-refractivity contribution in [2.45, 2.75) is 12.8 Å². The van der Waals surface area contributed by atoms with E-state index in [4.69, 9.17) is 5.11 Å². The monoisotopic (exact) mass is 221 g/mol. The van der Waals surface area contributed by atoms with Crippen LogP contribution in [-0.2, 0) is 4.79 Å². The Morgan fingerprint density at radius 1 is 1.36 bits per heavy atom. The molecule has 0 radical (unpaired) electrons. The number of carboxylic acid groups (broad SMARTS) is 1. The van der Waals surface area contributed by atoms with Crippen molar-refractivity contribution in [2.24, 2.45) is 5.41 Å². The summed E-state index contributed by atoms with van der Waals surface area (Å²) in [5, 5.41) is 8.86. The van der Waals surface area contributed by atoms with Gasteiger partial charge in [0.1, 0.15) is 0 Å². The Balaban J connectivity index is 0.000000605. The maximum absolute atomic E-state index is 10.8. The van der Waals surface area contributed by atoms with Gasteiger partial charge in [-0.15, -0.1) is 17.0 Å². The molecule has 0 spiro atoms. The first-order chi connectivity index (χ1) is 4.73. The Bertz CT molecular complexity index is 175. The lowest BCUT2D eigenvalue weighted by Crippen LogP contribution is -2.29. The van der Waals surface area contributed by atoms with E-state index in [-0.39, 0.29) is 22.4 Å². The molecular formula is C7H12BrNO2. The van der Waals surface area contributed by atoms with Crippen LogP contribution >= 0.6 is 17.0 Å². The molecule has 2 aliphatic heterocycles. The van der Waals surface area contributed by atoms with Crippen molar-refractivity contribution in [3.63, 3.8) is 0 Å². The summed E-state index contributed by atoms with van der Waals surface area (Å²) >= 11 is 0. The molecule has 0 aromatic carbocycles. The molecular weight excluding hydrogens is 210 g/mol. The molecule has 0 atom stereocenters. The van der Waals surface area contributed by atoms with Gasteiger partial charge < -0.3 is 10.0 Å². The van der Waals surface area contributed by atoms with Gasteiger partial charge in [0.05, 0.1) is 5.41 Å². The zero-order valence-electron chi connectivity index (χ0n) is 6.25. The average molecular weight is 222 g/mol. The van der Waals surface area contributed by atoms with Crippen LogP contribution in [-0.4, -0.2) is 35.6 Å². The van der Waals surface area contributed by atoms with Gasteiger partial charge in [0.2, 0.25) is 0 Å². The molecule has 64 valence electrons. The molecule has 2 rings (SSSR count). The lowest BCUT2D eigenvalue weighted by atomic mass is 9.85. The summed E-state index contributed by atoms with van der Waals surface area (Å²) in [6.07, 6.45) is 1.73. The number of rotatable bonds is 1. The second-order valence-electron chi connectivity index (χ2n) is 3.36. The summed E-state index contributed by atoms with van der Waals surface area (Å²) in [6.45, 7) is 2.78. The van der Waals surface area contributed by atoms with Gasteiger partial charge in [-0.25, -0.2) is 0 Å². The maximum Gasteiger partial charge on any atom is 0.311 e. The van der Waals surface area contributed by atoms with E-state index >= 15 is 0 Å². The van der Waals surface area contributed by atoms with E-state index in [1.165, 1.54) is 0 Å². The van der Waals surface area contributed by atoms with Gasteiger partial charge in [-0.3, -0.25) is 4.79 Å². The number of hydrogen-bond donors (Lipinski definition) is 1. The molecule has 1 N–H and O–H groups in total. The predicted octanol–water partition coefficient (Wildman–Crippen LogP) is 0.745. The van der Waals surface area contributed by atoms with Gasteiger partial charge >= 0.3 is 5.97 Å². The van der Waals surface area contributed by atoms with E-state index in [1.807, 2.05) is 0 Å².